The first-order valence-corrected chi connectivity index (χ1v) is 8.61. The van der Waals surface area contributed by atoms with E-state index in [2.05, 4.69) is 15.9 Å². The molecule has 22 heavy (non-hydrogen) atoms. The van der Waals surface area contributed by atoms with Gasteiger partial charge in [-0.15, -0.1) is 0 Å². The molecule has 0 unspecified atom stereocenters. The lowest BCUT2D eigenvalue weighted by atomic mass is 10.2. The second-order valence-corrected chi connectivity index (χ2v) is 6.58. The Hall–Kier alpha value is -1.26. The van der Waals surface area contributed by atoms with Gasteiger partial charge in [0.05, 0.1) is 0 Å². The lowest BCUT2D eigenvalue weighted by Gasteiger charge is -2.36. The molecule has 1 amide bonds. The summed E-state index contributed by atoms with van der Waals surface area (Å²) in [6.07, 6.45) is 2.87. The number of anilines is 1. The van der Waals surface area contributed by atoms with Gasteiger partial charge < -0.3 is 9.80 Å². The van der Waals surface area contributed by atoms with E-state index in [9.17, 15) is 4.79 Å². The van der Waals surface area contributed by atoms with Crippen LogP contribution in [-0.2, 0) is 4.79 Å². The van der Waals surface area contributed by atoms with Crippen LogP contribution >= 0.6 is 11.6 Å². The molecule has 0 atom stereocenters. The molecule has 1 aromatic carbocycles. The summed E-state index contributed by atoms with van der Waals surface area (Å²) in [6, 6.07) is 8.09. The predicted molar refractivity (Wildman–Crippen MR) is 90.5 cm³/mol. The van der Waals surface area contributed by atoms with Crippen molar-refractivity contribution < 1.29 is 4.79 Å². The van der Waals surface area contributed by atoms with Crippen molar-refractivity contribution in [1.82, 2.24) is 9.80 Å². The molecule has 0 radical (unpaired) electrons. The first-order chi connectivity index (χ1) is 10.7. The summed E-state index contributed by atoms with van der Waals surface area (Å²) in [5.74, 6) is 0.339. The molecule has 0 N–H and O–H groups in total. The van der Waals surface area contributed by atoms with Crippen LogP contribution in [0.2, 0.25) is 5.02 Å². The molecule has 0 aromatic heterocycles. The van der Waals surface area contributed by atoms with Crippen molar-refractivity contribution in [3.8, 4) is 0 Å². The lowest BCUT2D eigenvalue weighted by molar-refractivity contribution is -0.127. The van der Waals surface area contributed by atoms with Gasteiger partial charge in [0.15, 0.2) is 0 Å². The second-order valence-electron chi connectivity index (χ2n) is 6.15. The number of nitrogens with zero attached hydrogens (tertiary/aromatic N) is 3. The molecule has 3 rings (SSSR count). The van der Waals surface area contributed by atoms with Crippen LogP contribution in [0.1, 0.15) is 19.3 Å². The van der Waals surface area contributed by atoms with Crippen molar-refractivity contribution in [2.75, 3.05) is 50.7 Å². The Morgan fingerprint density at radius 1 is 1.05 bits per heavy atom. The Balaban J connectivity index is 1.39. The van der Waals surface area contributed by atoms with E-state index < -0.39 is 0 Å². The molecule has 2 saturated heterocycles. The zero-order valence-electron chi connectivity index (χ0n) is 13.0. The number of rotatable bonds is 5. The first-order valence-electron chi connectivity index (χ1n) is 8.23. The maximum absolute atomic E-state index is 11.6. The van der Waals surface area contributed by atoms with Crippen molar-refractivity contribution in [2.45, 2.75) is 19.3 Å². The molecule has 0 bridgehead atoms. The van der Waals surface area contributed by atoms with Crippen molar-refractivity contribution in [3.05, 3.63) is 29.3 Å². The van der Waals surface area contributed by atoms with Gasteiger partial charge >= 0.3 is 0 Å². The standard InChI is InChI=1S/C17H24ClN3O/c18-15-4-1-5-16(14-15)20-12-10-19(11-13-20)7-3-9-21-8-2-6-17(21)22/h1,4-5,14H,2-3,6-13H2. The molecule has 4 nitrogen and oxygen atoms in total. The third-order valence-electron chi connectivity index (χ3n) is 4.62. The summed E-state index contributed by atoms with van der Waals surface area (Å²) in [6.45, 7) is 7.23. The maximum atomic E-state index is 11.6. The lowest BCUT2D eigenvalue weighted by Crippen LogP contribution is -2.47. The van der Waals surface area contributed by atoms with Crippen molar-refractivity contribution in [2.24, 2.45) is 0 Å². The minimum absolute atomic E-state index is 0.339. The van der Waals surface area contributed by atoms with Crippen molar-refractivity contribution in [1.29, 1.82) is 0 Å². The number of likely N-dealkylation sites (tertiary alicyclic amines) is 1. The van der Waals surface area contributed by atoms with E-state index in [1.807, 2.05) is 23.1 Å². The monoisotopic (exact) mass is 321 g/mol. The summed E-state index contributed by atoms with van der Waals surface area (Å²) >= 11 is 6.07. The van der Waals surface area contributed by atoms with E-state index in [0.717, 1.165) is 70.1 Å². The first kappa shape index (κ1) is 15.6. The van der Waals surface area contributed by atoms with Crippen molar-refractivity contribution in [3.63, 3.8) is 0 Å². The van der Waals surface area contributed by atoms with E-state index in [1.165, 1.54) is 5.69 Å². The highest BCUT2D eigenvalue weighted by Crippen LogP contribution is 2.20. The van der Waals surface area contributed by atoms with Gasteiger partial charge in [-0.3, -0.25) is 9.69 Å². The number of halogens is 1. The summed E-state index contributed by atoms with van der Waals surface area (Å²) in [5, 5.41) is 0.801. The van der Waals surface area contributed by atoms with E-state index >= 15 is 0 Å². The highest BCUT2D eigenvalue weighted by atomic mass is 35.5. The van der Waals surface area contributed by atoms with Crippen LogP contribution in [0.15, 0.2) is 24.3 Å². The number of carbonyl (C=O) groups is 1. The van der Waals surface area contributed by atoms with Crippen LogP contribution in [0, 0.1) is 0 Å². The van der Waals surface area contributed by atoms with Crippen LogP contribution < -0.4 is 4.90 Å². The van der Waals surface area contributed by atoms with Crippen molar-refractivity contribution >= 4 is 23.2 Å². The molecule has 2 heterocycles. The van der Waals surface area contributed by atoms with E-state index in [1.54, 1.807) is 0 Å². The number of amides is 1. The fourth-order valence-corrected chi connectivity index (χ4v) is 3.51. The zero-order valence-corrected chi connectivity index (χ0v) is 13.8. The molecule has 5 heteroatoms. The van der Waals surface area contributed by atoms with E-state index in [0.29, 0.717) is 5.91 Å². The van der Waals surface area contributed by atoms with Gasteiger partial charge in [-0.25, -0.2) is 0 Å². The Morgan fingerprint density at radius 2 is 1.86 bits per heavy atom. The van der Waals surface area contributed by atoms with Crippen LogP contribution in [0.4, 0.5) is 5.69 Å². The van der Waals surface area contributed by atoms with Gasteiger partial charge in [0, 0.05) is 56.4 Å². The summed E-state index contributed by atoms with van der Waals surface area (Å²) in [4.78, 5) is 18.5. The highest BCUT2D eigenvalue weighted by Gasteiger charge is 2.21. The van der Waals surface area contributed by atoms with Gasteiger partial charge in [0.1, 0.15) is 0 Å². The molecule has 1 aromatic rings. The fourth-order valence-electron chi connectivity index (χ4n) is 3.33. The molecular formula is C17H24ClN3O. The Morgan fingerprint density at radius 3 is 2.55 bits per heavy atom. The number of hydrogen-bond acceptors (Lipinski definition) is 3. The van der Waals surface area contributed by atoms with Gasteiger partial charge in [-0.1, -0.05) is 17.7 Å². The summed E-state index contributed by atoms with van der Waals surface area (Å²) < 4.78 is 0. The maximum Gasteiger partial charge on any atom is 0.222 e. The van der Waals surface area contributed by atoms with Crippen LogP contribution in [0.25, 0.3) is 0 Å². The smallest absolute Gasteiger partial charge is 0.222 e. The third-order valence-corrected chi connectivity index (χ3v) is 4.85. The summed E-state index contributed by atoms with van der Waals surface area (Å²) in [7, 11) is 0. The van der Waals surface area contributed by atoms with Gasteiger partial charge in [0.25, 0.3) is 0 Å². The van der Waals surface area contributed by atoms with Gasteiger partial charge in [-0.05, 0) is 37.6 Å². The average molecular weight is 322 g/mol. The molecule has 2 fully saturated rings. The SMILES string of the molecule is O=C1CCCN1CCCN1CCN(c2cccc(Cl)c2)CC1. The van der Waals surface area contributed by atoms with Gasteiger partial charge in [-0.2, -0.15) is 0 Å². The number of carbonyl (C=O) groups excluding carboxylic acids is 1. The Labute approximate surface area is 137 Å². The van der Waals surface area contributed by atoms with Gasteiger partial charge in [0.2, 0.25) is 5.91 Å². The minimum atomic E-state index is 0.339. The number of piperazine rings is 1. The van der Waals surface area contributed by atoms with E-state index in [-0.39, 0.29) is 0 Å². The molecule has 0 spiro atoms. The second kappa shape index (κ2) is 7.34. The largest absolute Gasteiger partial charge is 0.369 e. The molecule has 0 aliphatic carbocycles. The zero-order chi connectivity index (χ0) is 15.4. The van der Waals surface area contributed by atoms with Crippen LogP contribution in [0.5, 0.6) is 0 Å². The minimum Gasteiger partial charge on any atom is -0.369 e. The Bertz CT molecular complexity index is 514. The molecular weight excluding hydrogens is 298 g/mol. The number of benzene rings is 1. The molecule has 2 aliphatic rings. The fraction of sp³-hybridized carbons (Fsp3) is 0.588. The topological polar surface area (TPSA) is 26.8 Å². The Kier molecular flexibility index (Phi) is 5.21. The normalized spacial score (nSPS) is 20.0. The molecule has 120 valence electrons. The van der Waals surface area contributed by atoms with E-state index in [4.69, 9.17) is 11.6 Å². The molecule has 0 saturated carbocycles. The number of hydrogen-bond donors (Lipinski definition) is 0. The highest BCUT2D eigenvalue weighted by molar-refractivity contribution is 6.30. The third kappa shape index (κ3) is 3.93. The van der Waals surface area contributed by atoms with Crippen LogP contribution in [0.3, 0.4) is 0 Å². The summed E-state index contributed by atoms with van der Waals surface area (Å²) in [5.41, 5.74) is 1.22. The van der Waals surface area contributed by atoms with Crippen LogP contribution in [-0.4, -0.2) is 61.5 Å². The predicted octanol–water partition coefficient (Wildman–Crippen LogP) is 2.47. The molecule has 2 aliphatic heterocycles. The average Bonchev–Trinajstić information content (AvgIpc) is 2.93. The quantitative estimate of drug-likeness (QED) is 0.833.